The lowest BCUT2D eigenvalue weighted by atomic mass is 9.97. The van der Waals surface area contributed by atoms with Gasteiger partial charge in [0.25, 0.3) is 5.22 Å². The van der Waals surface area contributed by atoms with Crippen LogP contribution >= 0.6 is 11.8 Å². The molecular weight excluding hydrogens is 362 g/mol. The number of aliphatic imine (C=N–C) groups is 1. The van der Waals surface area contributed by atoms with Crippen LogP contribution in [0.15, 0.2) is 14.6 Å². The fourth-order valence-corrected chi connectivity index (χ4v) is 3.31. The highest BCUT2D eigenvalue weighted by Crippen LogP contribution is 2.21. The molecule has 1 aromatic heterocycles. The number of carbonyl (C=O) groups is 3. The van der Waals surface area contributed by atoms with Crippen LogP contribution in [0.4, 0.5) is 4.79 Å². The molecule has 0 aliphatic carbocycles. The Morgan fingerprint density at radius 1 is 1.27 bits per heavy atom. The second kappa shape index (κ2) is 7.96. The minimum Gasteiger partial charge on any atom is -0.416 e. The fourth-order valence-electron chi connectivity index (χ4n) is 2.63. The Balaban J connectivity index is 1.56. The van der Waals surface area contributed by atoms with E-state index >= 15 is 0 Å². The summed E-state index contributed by atoms with van der Waals surface area (Å²) in [6.45, 7) is 3.90. The summed E-state index contributed by atoms with van der Waals surface area (Å²) in [5, 5.41) is 8.09. The molecule has 1 saturated heterocycles. The van der Waals surface area contributed by atoms with Crippen LogP contribution in [0.25, 0.3) is 0 Å². The molecule has 2 aliphatic heterocycles. The number of aromatic nitrogens is 2. The largest absolute Gasteiger partial charge is 0.416 e. The molecule has 1 atom stereocenters. The van der Waals surface area contributed by atoms with Crippen molar-refractivity contribution in [2.75, 3.05) is 39.1 Å². The number of hydrogen-bond acceptors (Lipinski definition) is 8. The standard InChI is InChI=1S/C15H19N5O5S/c1-9-10(13(22)19(2)14(23)16-9)7-11-17-18-15(25-11)26-8-12(21)20-3-5-24-6-4-20/h10H,3-8H2,1-2H3. The van der Waals surface area contributed by atoms with E-state index in [2.05, 4.69) is 15.2 Å². The first-order chi connectivity index (χ1) is 12.5. The smallest absolute Gasteiger partial charge is 0.349 e. The van der Waals surface area contributed by atoms with Gasteiger partial charge in [0, 0.05) is 32.3 Å². The van der Waals surface area contributed by atoms with E-state index in [4.69, 9.17) is 9.15 Å². The number of morpholine rings is 1. The maximum atomic E-state index is 12.2. The average Bonchev–Trinajstić information content (AvgIpc) is 3.10. The summed E-state index contributed by atoms with van der Waals surface area (Å²) in [7, 11) is 1.39. The first-order valence-electron chi connectivity index (χ1n) is 8.13. The number of urea groups is 1. The van der Waals surface area contributed by atoms with E-state index < -0.39 is 11.9 Å². The van der Waals surface area contributed by atoms with Gasteiger partial charge in [-0.25, -0.2) is 9.79 Å². The molecule has 1 aromatic rings. The minimum atomic E-state index is -0.606. The molecule has 0 spiro atoms. The maximum Gasteiger partial charge on any atom is 0.349 e. The number of ether oxygens (including phenoxy) is 1. The molecule has 11 heteroatoms. The Morgan fingerprint density at radius 2 is 2.00 bits per heavy atom. The quantitative estimate of drug-likeness (QED) is 0.665. The first-order valence-corrected chi connectivity index (χ1v) is 9.11. The summed E-state index contributed by atoms with van der Waals surface area (Å²) in [6.07, 6.45) is 0.163. The molecule has 4 amide bonds. The van der Waals surface area contributed by atoms with E-state index in [0.29, 0.717) is 32.0 Å². The minimum absolute atomic E-state index is 0.0105. The van der Waals surface area contributed by atoms with Crippen molar-refractivity contribution >= 4 is 35.3 Å². The lowest BCUT2D eigenvalue weighted by molar-refractivity contribution is -0.132. The second-order valence-corrected chi connectivity index (χ2v) is 6.86. The van der Waals surface area contributed by atoms with Gasteiger partial charge in [-0.2, -0.15) is 0 Å². The van der Waals surface area contributed by atoms with Gasteiger partial charge in [0.05, 0.1) is 24.9 Å². The van der Waals surface area contributed by atoms with Crippen LogP contribution in [0.3, 0.4) is 0 Å². The third-order valence-electron chi connectivity index (χ3n) is 4.20. The molecule has 1 unspecified atom stereocenters. The zero-order valence-corrected chi connectivity index (χ0v) is 15.3. The zero-order chi connectivity index (χ0) is 18.7. The molecule has 0 saturated carbocycles. The highest BCUT2D eigenvalue weighted by atomic mass is 32.2. The van der Waals surface area contributed by atoms with Gasteiger partial charge in [-0.1, -0.05) is 11.8 Å². The average molecular weight is 381 g/mol. The summed E-state index contributed by atoms with van der Waals surface area (Å²) in [5.74, 6) is -0.504. The third-order valence-corrected chi connectivity index (χ3v) is 5.01. The van der Waals surface area contributed by atoms with Gasteiger partial charge in [-0.05, 0) is 6.92 Å². The Morgan fingerprint density at radius 3 is 2.73 bits per heavy atom. The van der Waals surface area contributed by atoms with Gasteiger partial charge in [-0.15, -0.1) is 10.2 Å². The van der Waals surface area contributed by atoms with E-state index in [1.54, 1.807) is 11.8 Å². The van der Waals surface area contributed by atoms with Gasteiger partial charge >= 0.3 is 6.03 Å². The zero-order valence-electron chi connectivity index (χ0n) is 14.5. The number of nitrogens with zero attached hydrogens (tertiary/aromatic N) is 5. The van der Waals surface area contributed by atoms with Crippen LogP contribution in [0, 0.1) is 5.92 Å². The Kier molecular flexibility index (Phi) is 5.67. The molecule has 3 heterocycles. The Labute approximate surface area is 154 Å². The van der Waals surface area contributed by atoms with Crippen LogP contribution in [0.5, 0.6) is 0 Å². The number of rotatable bonds is 5. The number of hydrogen-bond donors (Lipinski definition) is 0. The van der Waals surface area contributed by atoms with Crippen molar-refractivity contribution < 1.29 is 23.5 Å². The number of amides is 4. The lowest BCUT2D eigenvalue weighted by Gasteiger charge is -2.26. The number of carbonyl (C=O) groups excluding carboxylic acids is 3. The molecule has 0 N–H and O–H groups in total. The number of imide groups is 1. The summed E-state index contributed by atoms with van der Waals surface area (Å²) in [5.41, 5.74) is 0.424. The van der Waals surface area contributed by atoms with E-state index in [1.807, 2.05) is 0 Å². The Hall–Kier alpha value is -2.27. The monoisotopic (exact) mass is 381 g/mol. The summed E-state index contributed by atoms with van der Waals surface area (Å²) in [6, 6.07) is -0.577. The van der Waals surface area contributed by atoms with Crippen molar-refractivity contribution in [3.8, 4) is 0 Å². The molecule has 0 aromatic carbocycles. The van der Waals surface area contributed by atoms with Crippen molar-refractivity contribution in [1.29, 1.82) is 0 Å². The van der Waals surface area contributed by atoms with Gasteiger partial charge < -0.3 is 14.1 Å². The molecule has 0 bridgehead atoms. The van der Waals surface area contributed by atoms with Crippen molar-refractivity contribution in [3.63, 3.8) is 0 Å². The highest BCUT2D eigenvalue weighted by Gasteiger charge is 2.34. The van der Waals surface area contributed by atoms with E-state index in [-0.39, 0.29) is 35.1 Å². The van der Waals surface area contributed by atoms with Crippen molar-refractivity contribution in [1.82, 2.24) is 20.0 Å². The molecule has 1 fully saturated rings. The van der Waals surface area contributed by atoms with Gasteiger partial charge in [-0.3, -0.25) is 14.5 Å². The predicted molar refractivity (Wildman–Crippen MR) is 90.9 cm³/mol. The van der Waals surface area contributed by atoms with Crippen LogP contribution in [-0.4, -0.2) is 82.7 Å². The topological polar surface area (TPSA) is 118 Å². The van der Waals surface area contributed by atoms with E-state index in [9.17, 15) is 14.4 Å². The fraction of sp³-hybridized carbons (Fsp3) is 0.600. The van der Waals surface area contributed by atoms with Crippen molar-refractivity contribution in [2.45, 2.75) is 18.6 Å². The van der Waals surface area contributed by atoms with Crippen LogP contribution in [0.2, 0.25) is 0 Å². The van der Waals surface area contributed by atoms with Crippen LogP contribution in [0.1, 0.15) is 12.8 Å². The van der Waals surface area contributed by atoms with Gasteiger partial charge in [0.2, 0.25) is 17.7 Å². The molecule has 2 aliphatic rings. The molecule has 0 radical (unpaired) electrons. The molecule has 3 rings (SSSR count). The predicted octanol–water partition coefficient (Wildman–Crippen LogP) is 0.232. The van der Waals surface area contributed by atoms with Gasteiger partial charge in [0.15, 0.2) is 0 Å². The number of thioether (sulfide) groups is 1. The van der Waals surface area contributed by atoms with Crippen molar-refractivity contribution in [3.05, 3.63) is 5.89 Å². The van der Waals surface area contributed by atoms with Gasteiger partial charge in [0.1, 0.15) is 0 Å². The van der Waals surface area contributed by atoms with Crippen molar-refractivity contribution in [2.24, 2.45) is 10.9 Å². The summed E-state index contributed by atoms with van der Waals surface area (Å²) in [4.78, 5) is 42.4. The van der Waals surface area contributed by atoms with E-state index in [1.165, 1.54) is 7.05 Å². The van der Waals surface area contributed by atoms with Crippen LogP contribution in [-0.2, 0) is 20.7 Å². The highest BCUT2D eigenvalue weighted by molar-refractivity contribution is 7.99. The first kappa shape index (κ1) is 18.5. The molecular formula is C15H19N5O5S. The summed E-state index contributed by atoms with van der Waals surface area (Å²) < 4.78 is 10.7. The SMILES string of the molecule is CC1=NC(=O)N(C)C(=O)C1Cc1nnc(SCC(=O)N2CCOCC2)o1. The Bertz CT molecular complexity index is 743. The van der Waals surface area contributed by atoms with Crippen LogP contribution < -0.4 is 0 Å². The van der Waals surface area contributed by atoms with E-state index in [0.717, 1.165) is 16.7 Å². The lowest BCUT2D eigenvalue weighted by Crippen LogP contribution is -2.44. The third kappa shape index (κ3) is 4.10. The molecule has 10 nitrogen and oxygen atoms in total. The molecule has 26 heavy (non-hydrogen) atoms. The molecule has 140 valence electrons. The second-order valence-electron chi connectivity index (χ2n) is 5.93. The maximum absolute atomic E-state index is 12.2. The normalized spacial score (nSPS) is 21.2. The summed E-state index contributed by atoms with van der Waals surface area (Å²) >= 11 is 1.16.